The summed E-state index contributed by atoms with van der Waals surface area (Å²) in [4.78, 5) is 40.1. The van der Waals surface area contributed by atoms with Crippen molar-refractivity contribution in [3.8, 4) is 0 Å². The number of ether oxygens (including phenoxy) is 2. The molecule has 38 heavy (non-hydrogen) atoms. The standard InChI is InChI=1S/C29H37N3O6/c1-5-18(3)9-12-21(31-28(35)38-16-20-10-7-19(4)8-11-20)13-14-24(30)25-15-23-22(26(33)32-25)17-37-27(34)29(23,36)6-2/h7-8,10-11,15,21,30,36H,3,5-6,9,12-14,16-17H2,1-2,4H3,(H,31,35)(H,32,33). The number of carbonyl (C=O) groups excluding carboxylic acids is 2. The number of carbonyl (C=O) groups is 2. The van der Waals surface area contributed by atoms with Gasteiger partial charge in [0.1, 0.15) is 13.2 Å². The molecular weight excluding hydrogens is 486 g/mol. The van der Waals surface area contributed by atoms with Gasteiger partial charge in [-0.1, -0.05) is 55.8 Å². The lowest BCUT2D eigenvalue weighted by molar-refractivity contribution is -0.172. The highest BCUT2D eigenvalue weighted by Crippen LogP contribution is 2.33. The monoisotopic (exact) mass is 523 g/mol. The van der Waals surface area contributed by atoms with Gasteiger partial charge in [-0.15, -0.1) is 0 Å². The maximum Gasteiger partial charge on any atom is 0.407 e. The number of hydrogen-bond donors (Lipinski definition) is 4. The summed E-state index contributed by atoms with van der Waals surface area (Å²) >= 11 is 0. The number of aromatic nitrogens is 1. The summed E-state index contributed by atoms with van der Waals surface area (Å²) in [5.74, 6) is -0.805. The summed E-state index contributed by atoms with van der Waals surface area (Å²) in [7, 11) is 0. The van der Waals surface area contributed by atoms with Crippen molar-refractivity contribution in [2.24, 2.45) is 0 Å². The van der Waals surface area contributed by atoms with Crippen molar-refractivity contribution >= 4 is 17.8 Å². The van der Waals surface area contributed by atoms with Crippen LogP contribution >= 0.6 is 0 Å². The minimum atomic E-state index is -1.93. The first kappa shape index (κ1) is 28.8. The summed E-state index contributed by atoms with van der Waals surface area (Å²) in [6, 6.07) is 8.93. The number of fused-ring (bicyclic) bond motifs is 1. The van der Waals surface area contributed by atoms with E-state index in [1.54, 1.807) is 6.92 Å². The van der Waals surface area contributed by atoms with Gasteiger partial charge in [-0.2, -0.15) is 0 Å². The largest absolute Gasteiger partial charge is 0.458 e. The number of pyridine rings is 1. The molecule has 1 amide bonds. The number of rotatable bonds is 12. The van der Waals surface area contributed by atoms with E-state index in [1.807, 2.05) is 38.1 Å². The van der Waals surface area contributed by atoms with Crippen molar-refractivity contribution < 1.29 is 24.2 Å². The van der Waals surface area contributed by atoms with Gasteiger partial charge in [-0.05, 0) is 57.1 Å². The summed E-state index contributed by atoms with van der Waals surface area (Å²) in [5.41, 5.74) is 1.33. The molecule has 3 rings (SSSR count). The van der Waals surface area contributed by atoms with Crippen molar-refractivity contribution in [3.05, 3.63) is 80.8 Å². The molecule has 0 spiro atoms. The molecule has 0 saturated carbocycles. The normalized spacial score (nSPS) is 17.2. The Morgan fingerprint density at radius 2 is 1.92 bits per heavy atom. The van der Waals surface area contributed by atoms with Gasteiger partial charge < -0.3 is 30.3 Å². The molecule has 0 saturated heterocycles. The van der Waals surface area contributed by atoms with E-state index < -0.39 is 23.2 Å². The summed E-state index contributed by atoms with van der Waals surface area (Å²) in [6.45, 7) is 9.60. The van der Waals surface area contributed by atoms with E-state index in [0.717, 1.165) is 23.1 Å². The van der Waals surface area contributed by atoms with E-state index in [-0.39, 0.29) is 54.6 Å². The van der Waals surface area contributed by atoms with Crippen LogP contribution in [0.2, 0.25) is 0 Å². The first-order valence-electron chi connectivity index (χ1n) is 13.0. The van der Waals surface area contributed by atoms with Gasteiger partial charge >= 0.3 is 12.1 Å². The number of H-pyrrole nitrogens is 1. The van der Waals surface area contributed by atoms with Gasteiger partial charge in [0.2, 0.25) is 0 Å². The lowest BCUT2D eigenvalue weighted by atomic mass is 9.85. The number of nitrogens with one attached hydrogen (secondary N) is 3. The molecule has 0 aliphatic carbocycles. The summed E-state index contributed by atoms with van der Waals surface area (Å²) < 4.78 is 10.4. The number of esters is 1. The summed E-state index contributed by atoms with van der Waals surface area (Å²) in [5, 5.41) is 22.4. The predicted octanol–water partition coefficient (Wildman–Crippen LogP) is 4.53. The second-order valence-electron chi connectivity index (χ2n) is 9.76. The highest BCUT2D eigenvalue weighted by Gasteiger charge is 2.44. The molecule has 4 N–H and O–H groups in total. The van der Waals surface area contributed by atoms with Crippen LogP contribution < -0.4 is 10.9 Å². The highest BCUT2D eigenvalue weighted by atomic mass is 16.6. The van der Waals surface area contributed by atoms with Crippen LogP contribution in [0.5, 0.6) is 0 Å². The van der Waals surface area contributed by atoms with Crippen molar-refractivity contribution in [1.29, 1.82) is 5.41 Å². The Balaban J connectivity index is 1.68. The van der Waals surface area contributed by atoms with E-state index in [2.05, 4.69) is 16.9 Å². The Morgan fingerprint density at radius 3 is 2.58 bits per heavy atom. The average Bonchev–Trinajstić information content (AvgIpc) is 2.91. The van der Waals surface area contributed by atoms with E-state index in [9.17, 15) is 19.5 Å². The highest BCUT2D eigenvalue weighted by molar-refractivity contribution is 5.97. The Hall–Kier alpha value is -3.72. The molecule has 2 unspecified atom stereocenters. The Bertz CT molecular complexity index is 1250. The maximum atomic E-state index is 12.7. The van der Waals surface area contributed by atoms with Gasteiger partial charge in [-0.3, -0.25) is 4.79 Å². The topological polar surface area (TPSA) is 142 Å². The molecule has 1 aliphatic heterocycles. The first-order valence-corrected chi connectivity index (χ1v) is 13.0. The van der Waals surface area contributed by atoms with Crippen molar-refractivity contribution in [2.45, 2.75) is 84.2 Å². The number of aryl methyl sites for hydroxylation is 1. The fourth-order valence-electron chi connectivity index (χ4n) is 4.30. The molecule has 2 atom stereocenters. The van der Waals surface area contributed by atoms with Crippen LogP contribution in [0.1, 0.15) is 80.3 Å². The Kier molecular flexibility index (Phi) is 9.63. The zero-order valence-electron chi connectivity index (χ0n) is 22.3. The van der Waals surface area contributed by atoms with Gasteiger partial charge in [0.25, 0.3) is 5.56 Å². The number of alkyl carbamates (subject to hydrolysis) is 1. The quantitative estimate of drug-likeness (QED) is 0.183. The van der Waals surface area contributed by atoms with Crippen LogP contribution in [0.25, 0.3) is 0 Å². The number of hydrogen-bond acceptors (Lipinski definition) is 7. The van der Waals surface area contributed by atoms with Crippen molar-refractivity contribution in [1.82, 2.24) is 10.3 Å². The van der Waals surface area contributed by atoms with Crippen LogP contribution in [0.15, 0.2) is 47.3 Å². The summed E-state index contributed by atoms with van der Waals surface area (Å²) in [6.07, 6.45) is 2.33. The predicted molar refractivity (Wildman–Crippen MR) is 144 cm³/mol. The molecule has 2 aromatic rings. The third-order valence-corrected chi connectivity index (χ3v) is 7.01. The van der Waals surface area contributed by atoms with Gasteiger partial charge in [0, 0.05) is 11.6 Å². The number of allylic oxidation sites excluding steroid dienone is 1. The number of cyclic esters (lactones) is 1. The molecule has 1 aromatic heterocycles. The second kappa shape index (κ2) is 12.7. The zero-order valence-corrected chi connectivity index (χ0v) is 22.3. The molecule has 0 bridgehead atoms. The minimum Gasteiger partial charge on any atom is -0.458 e. The molecule has 2 heterocycles. The molecule has 9 nitrogen and oxygen atoms in total. The van der Waals surface area contributed by atoms with E-state index >= 15 is 0 Å². The SMILES string of the molecule is C=C(CC)CCC(CCC(=N)c1cc2c(c(=O)[nH]1)COC(=O)C2(O)CC)NC(=O)OCc1ccc(C)cc1. The van der Waals surface area contributed by atoms with Crippen LogP contribution in [-0.2, 0) is 33.1 Å². The number of amides is 1. The van der Waals surface area contributed by atoms with E-state index in [1.165, 1.54) is 6.07 Å². The molecule has 1 aliphatic rings. The molecule has 9 heteroatoms. The number of benzene rings is 1. The lowest BCUT2D eigenvalue weighted by Crippen LogP contribution is -2.43. The second-order valence-corrected chi connectivity index (χ2v) is 9.76. The van der Waals surface area contributed by atoms with E-state index in [4.69, 9.17) is 14.9 Å². The van der Waals surface area contributed by atoms with E-state index in [0.29, 0.717) is 19.3 Å². The average molecular weight is 524 g/mol. The van der Waals surface area contributed by atoms with Crippen molar-refractivity contribution in [2.75, 3.05) is 0 Å². The molecule has 0 radical (unpaired) electrons. The van der Waals surface area contributed by atoms with Crippen LogP contribution in [0, 0.1) is 12.3 Å². The third-order valence-electron chi connectivity index (χ3n) is 7.01. The van der Waals surface area contributed by atoms with Gasteiger partial charge in [-0.25, -0.2) is 9.59 Å². The Labute approximate surface area is 222 Å². The van der Waals surface area contributed by atoms with Gasteiger partial charge in [0.05, 0.1) is 17.0 Å². The smallest absolute Gasteiger partial charge is 0.407 e. The van der Waals surface area contributed by atoms with Crippen LogP contribution in [0.4, 0.5) is 4.79 Å². The van der Waals surface area contributed by atoms with Gasteiger partial charge in [0.15, 0.2) is 5.60 Å². The minimum absolute atomic E-state index is 0.0348. The molecule has 204 valence electrons. The zero-order chi connectivity index (χ0) is 27.9. The third kappa shape index (κ3) is 6.98. The van der Waals surface area contributed by atoms with Crippen LogP contribution in [0.3, 0.4) is 0 Å². The fourth-order valence-corrected chi connectivity index (χ4v) is 4.30. The maximum absolute atomic E-state index is 12.7. The lowest BCUT2D eigenvalue weighted by Gasteiger charge is -2.31. The number of aromatic amines is 1. The first-order chi connectivity index (χ1) is 18.1. The van der Waals surface area contributed by atoms with Crippen LogP contribution in [-0.4, -0.2) is 33.9 Å². The van der Waals surface area contributed by atoms with Crippen molar-refractivity contribution in [3.63, 3.8) is 0 Å². The molecular formula is C29H37N3O6. The Morgan fingerprint density at radius 1 is 1.24 bits per heavy atom. The molecule has 1 aromatic carbocycles. The molecule has 0 fully saturated rings. The fraction of sp³-hybridized carbons (Fsp3) is 0.448. The number of aliphatic hydroxyl groups is 1.